The van der Waals surface area contributed by atoms with Gasteiger partial charge in [-0.25, -0.2) is 4.57 Å². The summed E-state index contributed by atoms with van der Waals surface area (Å²) in [5.41, 5.74) is 0. The van der Waals surface area contributed by atoms with Crippen molar-refractivity contribution in [2.24, 2.45) is 11.8 Å². The summed E-state index contributed by atoms with van der Waals surface area (Å²) < 4.78 is 34.4. The van der Waals surface area contributed by atoms with Crippen LogP contribution in [-0.4, -0.2) is 109 Å². The molecular formula is C50H97NO11P+. The monoisotopic (exact) mass is 919 g/mol. The molecule has 7 atom stereocenters. The number of aliphatic hydroxyl groups is 3. The van der Waals surface area contributed by atoms with Gasteiger partial charge in [0.1, 0.15) is 19.8 Å². The van der Waals surface area contributed by atoms with Crippen molar-refractivity contribution in [2.45, 2.75) is 237 Å². The minimum Gasteiger partial charge on any atom is -0.462 e. The molecule has 1 aliphatic rings. The first-order chi connectivity index (χ1) is 30.2. The molecule has 1 saturated carbocycles. The zero-order chi connectivity index (χ0) is 46.6. The van der Waals surface area contributed by atoms with Gasteiger partial charge in [-0.05, 0) is 31.6 Å². The predicted octanol–water partition coefficient (Wildman–Crippen LogP) is 11.3. The number of quaternary nitrogens is 1. The molecule has 0 aromatic carbocycles. The van der Waals surface area contributed by atoms with Gasteiger partial charge in [-0.15, -0.1) is 0 Å². The first-order valence-corrected chi connectivity index (χ1v) is 27.2. The van der Waals surface area contributed by atoms with E-state index in [9.17, 15) is 34.4 Å². The number of hydrogen-bond donors (Lipinski definition) is 4. The van der Waals surface area contributed by atoms with Crippen molar-refractivity contribution in [3.05, 3.63) is 12.2 Å². The van der Waals surface area contributed by atoms with Crippen LogP contribution in [0.25, 0.3) is 0 Å². The van der Waals surface area contributed by atoms with Crippen LogP contribution in [-0.2, 0) is 32.7 Å². The van der Waals surface area contributed by atoms with Gasteiger partial charge in [0.25, 0.3) is 0 Å². The number of rotatable bonds is 43. The Morgan fingerprint density at radius 2 is 1.13 bits per heavy atom. The maximum Gasteiger partial charge on any atom is 0.472 e. The van der Waals surface area contributed by atoms with Gasteiger partial charge in [0, 0.05) is 25.2 Å². The van der Waals surface area contributed by atoms with Crippen LogP contribution in [0.15, 0.2) is 12.2 Å². The van der Waals surface area contributed by atoms with E-state index in [1.807, 2.05) is 27.2 Å². The summed E-state index contributed by atoms with van der Waals surface area (Å²) >= 11 is 0. The molecule has 1 rings (SSSR count). The third kappa shape index (κ3) is 34.6. The molecule has 1 fully saturated rings. The van der Waals surface area contributed by atoms with Crippen LogP contribution in [0.3, 0.4) is 0 Å². The van der Waals surface area contributed by atoms with E-state index in [1.165, 1.54) is 96.3 Å². The Morgan fingerprint density at radius 1 is 0.651 bits per heavy atom. The summed E-state index contributed by atoms with van der Waals surface area (Å²) in [6, 6.07) is 0. The molecule has 13 heteroatoms. The lowest BCUT2D eigenvalue weighted by molar-refractivity contribution is -0.870. The summed E-state index contributed by atoms with van der Waals surface area (Å²) in [6.45, 7) is 4.12. The third-order valence-corrected chi connectivity index (χ3v) is 13.4. The summed E-state index contributed by atoms with van der Waals surface area (Å²) in [7, 11) is 1.37. The van der Waals surface area contributed by atoms with E-state index < -0.39 is 50.8 Å². The molecule has 0 spiro atoms. The van der Waals surface area contributed by atoms with Crippen molar-refractivity contribution >= 4 is 19.8 Å². The minimum absolute atomic E-state index is 0.000265. The fourth-order valence-corrected chi connectivity index (χ4v) is 9.09. The molecular weight excluding hydrogens is 822 g/mol. The van der Waals surface area contributed by atoms with Gasteiger partial charge in [0.05, 0.1) is 46.1 Å². The molecule has 12 nitrogen and oxygen atoms in total. The summed E-state index contributed by atoms with van der Waals surface area (Å²) in [5.74, 6) is -1.19. The second kappa shape index (κ2) is 37.7. The van der Waals surface area contributed by atoms with Crippen molar-refractivity contribution in [3.63, 3.8) is 0 Å². The smallest absolute Gasteiger partial charge is 0.462 e. The fourth-order valence-electron chi connectivity index (χ4n) is 8.35. The molecule has 0 amide bonds. The summed E-state index contributed by atoms with van der Waals surface area (Å²) in [5, 5.41) is 31.5. The topological polar surface area (TPSA) is 169 Å². The van der Waals surface area contributed by atoms with Crippen LogP contribution < -0.4 is 0 Å². The van der Waals surface area contributed by atoms with Gasteiger partial charge in [-0.2, -0.15) is 0 Å². The number of phosphoric acid groups is 1. The van der Waals surface area contributed by atoms with Crippen LogP contribution >= 0.6 is 7.82 Å². The van der Waals surface area contributed by atoms with Crippen molar-refractivity contribution in [1.82, 2.24) is 0 Å². The van der Waals surface area contributed by atoms with Crippen LogP contribution in [0.1, 0.15) is 213 Å². The Morgan fingerprint density at radius 3 is 1.65 bits per heavy atom. The van der Waals surface area contributed by atoms with Gasteiger partial charge in [-0.1, -0.05) is 180 Å². The number of carbonyl (C=O) groups is 2. The molecule has 0 aromatic heterocycles. The molecule has 0 heterocycles. The lowest BCUT2D eigenvalue weighted by Gasteiger charge is -2.24. The first-order valence-electron chi connectivity index (χ1n) is 25.7. The Balaban J connectivity index is 2.37. The highest BCUT2D eigenvalue weighted by atomic mass is 31.2. The van der Waals surface area contributed by atoms with E-state index in [0.717, 1.165) is 64.2 Å². The normalized spacial score (nSPS) is 20.0. The average Bonchev–Trinajstić information content (AvgIpc) is 3.50. The van der Waals surface area contributed by atoms with Gasteiger partial charge >= 0.3 is 19.8 Å². The van der Waals surface area contributed by atoms with Gasteiger partial charge in [0.2, 0.25) is 0 Å². The zero-order valence-electron chi connectivity index (χ0n) is 40.9. The summed E-state index contributed by atoms with van der Waals surface area (Å²) in [6.07, 6.45) is 33.2. The minimum atomic E-state index is -4.43. The summed E-state index contributed by atoms with van der Waals surface area (Å²) in [4.78, 5) is 35.7. The van der Waals surface area contributed by atoms with E-state index in [0.29, 0.717) is 36.7 Å². The SMILES string of the molecule is CCCCCCCCCCCCCCCCCCCCCC(=O)O[C@H](COC(=O)CCCCCC[C@@H]1[C@@H](/C=C/[C@@H](O)CCCCC)[C@H](O)C[C@@H]1O)COP(=O)(O)OCC[N+](C)(C)C. The second-order valence-electron chi connectivity index (χ2n) is 19.5. The molecule has 0 saturated heterocycles. The average molecular weight is 919 g/mol. The number of hydrogen-bond acceptors (Lipinski definition) is 10. The highest BCUT2D eigenvalue weighted by molar-refractivity contribution is 7.47. The molecule has 0 aliphatic heterocycles. The van der Waals surface area contributed by atoms with E-state index in [1.54, 1.807) is 6.08 Å². The zero-order valence-corrected chi connectivity index (χ0v) is 41.8. The number of likely N-dealkylation sites (N-methyl/N-ethyl adjacent to an activating group) is 1. The highest BCUT2D eigenvalue weighted by Crippen LogP contribution is 2.43. The molecule has 0 radical (unpaired) electrons. The van der Waals surface area contributed by atoms with Crippen LogP contribution in [0.5, 0.6) is 0 Å². The van der Waals surface area contributed by atoms with Crippen molar-refractivity contribution in [2.75, 3.05) is 47.5 Å². The Labute approximate surface area is 384 Å². The number of phosphoric ester groups is 1. The third-order valence-electron chi connectivity index (χ3n) is 12.4. The van der Waals surface area contributed by atoms with Crippen molar-refractivity contribution in [1.29, 1.82) is 0 Å². The maximum atomic E-state index is 12.8. The number of aliphatic hydroxyl groups excluding tert-OH is 3. The largest absolute Gasteiger partial charge is 0.472 e. The fraction of sp³-hybridized carbons (Fsp3) is 0.920. The van der Waals surface area contributed by atoms with Crippen molar-refractivity contribution < 1.29 is 57.4 Å². The quantitative estimate of drug-likeness (QED) is 0.0151. The Kier molecular flexibility index (Phi) is 35.7. The number of nitrogens with zero attached hydrogens (tertiary/aromatic N) is 1. The molecule has 0 aromatic rings. The molecule has 1 aliphatic carbocycles. The van der Waals surface area contributed by atoms with Crippen LogP contribution in [0.2, 0.25) is 0 Å². The van der Waals surface area contributed by atoms with Crippen LogP contribution in [0, 0.1) is 11.8 Å². The molecule has 4 N–H and O–H groups in total. The van der Waals surface area contributed by atoms with Crippen LogP contribution in [0.4, 0.5) is 0 Å². The highest BCUT2D eigenvalue weighted by Gasteiger charge is 2.39. The number of esters is 2. The van der Waals surface area contributed by atoms with Gasteiger partial charge in [-0.3, -0.25) is 18.6 Å². The number of carbonyl (C=O) groups excluding carboxylic acids is 2. The molecule has 372 valence electrons. The lowest BCUT2D eigenvalue weighted by Crippen LogP contribution is -2.37. The second-order valence-corrected chi connectivity index (χ2v) is 21.0. The predicted molar refractivity (Wildman–Crippen MR) is 254 cm³/mol. The van der Waals surface area contributed by atoms with E-state index in [2.05, 4.69) is 13.8 Å². The Hall–Kier alpha value is -1.37. The van der Waals surface area contributed by atoms with Crippen molar-refractivity contribution in [3.8, 4) is 0 Å². The molecule has 1 unspecified atom stereocenters. The molecule has 0 bridgehead atoms. The van der Waals surface area contributed by atoms with E-state index >= 15 is 0 Å². The van der Waals surface area contributed by atoms with E-state index in [-0.39, 0.29) is 37.9 Å². The maximum absolute atomic E-state index is 12.8. The number of ether oxygens (including phenoxy) is 2. The standard InChI is InChI=1S/C50H96NO11P/c1-6-8-10-11-12-13-14-15-16-17-18-19-20-21-22-23-24-25-31-35-50(56)62-44(42-61-63(57,58)60-39-38-51(3,4)5)41-59-49(55)34-30-27-26-29-33-45-46(48(54)40-47(45)53)37-36-43(52)32-28-9-7-2/h36-37,43-48,52-54H,6-35,38-42H2,1-5H3/p+1/b37-36+/t43-,44+,45+,46+,47-,48+/m0/s1. The van der Waals surface area contributed by atoms with Gasteiger partial charge in [0.15, 0.2) is 6.10 Å². The first kappa shape index (κ1) is 59.6. The number of unbranched alkanes of at least 4 members (excludes halogenated alkanes) is 23. The van der Waals surface area contributed by atoms with E-state index in [4.69, 9.17) is 18.5 Å². The Bertz CT molecular complexity index is 1200. The van der Waals surface area contributed by atoms with Gasteiger partial charge < -0.3 is 34.2 Å². The molecule has 63 heavy (non-hydrogen) atoms. The lowest BCUT2D eigenvalue weighted by atomic mass is 9.88.